The van der Waals surface area contributed by atoms with Crippen molar-refractivity contribution in [2.75, 3.05) is 38.2 Å². The molecule has 0 unspecified atom stereocenters. The lowest BCUT2D eigenvalue weighted by molar-refractivity contribution is 0.0363. The van der Waals surface area contributed by atoms with Gasteiger partial charge < -0.3 is 14.6 Å². The maximum absolute atomic E-state index is 12.9. The fourth-order valence-electron chi connectivity index (χ4n) is 3.32. The quantitative estimate of drug-likeness (QED) is 0.849. The SMILES string of the molecule is Cc1ccn(CCN2CCOCC2)c(=O)c1C(=O)Nc1c(C)nn(C)c1C. The first-order chi connectivity index (χ1) is 12.9. The predicted molar refractivity (Wildman–Crippen MR) is 103 cm³/mol. The smallest absolute Gasteiger partial charge is 0.263 e. The number of morpholine rings is 1. The number of carbonyl (C=O) groups is 1. The predicted octanol–water partition coefficient (Wildman–Crippen LogP) is 1.09. The van der Waals surface area contributed by atoms with Gasteiger partial charge >= 0.3 is 0 Å². The van der Waals surface area contributed by atoms with Crippen molar-refractivity contribution >= 4 is 11.6 Å². The van der Waals surface area contributed by atoms with E-state index in [0.29, 0.717) is 17.8 Å². The van der Waals surface area contributed by atoms with Crippen LogP contribution in [0.25, 0.3) is 0 Å². The molecule has 1 amide bonds. The Labute approximate surface area is 158 Å². The molecule has 0 saturated carbocycles. The van der Waals surface area contributed by atoms with Gasteiger partial charge in [-0.3, -0.25) is 19.2 Å². The van der Waals surface area contributed by atoms with Crippen LogP contribution in [-0.2, 0) is 18.3 Å². The Morgan fingerprint density at radius 1 is 1.22 bits per heavy atom. The van der Waals surface area contributed by atoms with Crippen molar-refractivity contribution in [1.82, 2.24) is 19.2 Å². The minimum Gasteiger partial charge on any atom is -0.379 e. The van der Waals surface area contributed by atoms with E-state index in [2.05, 4.69) is 15.3 Å². The molecule has 8 nitrogen and oxygen atoms in total. The van der Waals surface area contributed by atoms with Gasteiger partial charge in [-0.25, -0.2) is 0 Å². The van der Waals surface area contributed by atoms with Crippen LogP contribution >= 0.6 is 0 Å². The van der Waals surface area contributed by atoms with Gasteiger partial charge in [-0.2, -0.15) is 5.10 Å². The molecule has 0 bridgehead atoms. The lowest BCUT2D eigenvalue weighted by atomic mass is 10.1. The Balaban J connectivity index is 1.80. The van der Waals surface area contributed by atoms with Gasteiger partial charge in [0.25, 0.3) is 11.5 Å². The number of amides is 1. The summed E-state index contributed by atoms with van der Waals surface area (Å²) in [5, 5.41) is 7.17. The first kappa shape index (κ1) is 19.3. The van der Waals surface area contributed by atoms with Gasteiger partial charge in [-0.15, -0.1) is 0 Å². The minimum atomic E-state index is -0.391. The second-order valence-corrected chi connectivity index (χ2v) is 6.95. The summed E-state index contributed by atoms with van der Waals surface area (Å²) >= 11 is 0. The van der Waals surface area contributed by atoms with Crippen molar-refractivity contribution in [2.24, 2.45) is 7.05 Å². The van der Waals surface area contributed by atoms with E-state index in [-0.39, 0.29) is 11.1 Å². The molecular formula is C19H27N5O3. The van der Waals surface area contributed by atoms with E-state index >= 15 is 0 Å². The molecule has 1 fully saturated rings. The van der Waals surface area contributed by atoms with Crippen LogP contribution in [0.3, 0.4) is 0 Å². The summed E-state index contributed by atoms with van der Waals surface area (Å²) in [7, 11) is 1.82. The summed E-state index contributed by atoms with van der Waals surface area (Å²) in [6.07, 6.45) is 1.76. The van der Waals surface area contributed by atoms with E-state index in [1.54, 1.807) is 22.4 Å². The molecule has 3 rings (SSSR count). The van der Waals surface area contributed by atoms with Crippen LogP contribution in [0.4, 0.5) is 5.69 Å². The number of ether oxygens (including phenoxy) is 1. The zero-order valence-corrected chi connectivity index (χ0v) is 16.4. The summed E-state index contributed by atoms with van der Waals surface area (Å²) in [4.78, 5) is 28.0. The summed E-state index contributed by atoms with van der Waals surface area (Å²) in [5.41, 5.74) is 2.82. The average Bonchev–Trinajstić information content (AvgIpc) is 2.88. The number of pyridine rings is 1. The number of rotatable bonds is 5. The van der Waals surface area contributed by atoms with E-state index in [4.69, 9.17) is 4.74 Å². The summed E-state index contributed by atoms with van der Waals surface area (Å²) < 4.78 is 8.67. The van der Waals surface area contributed by atoms with E-state index in [9.17, 15) is 9.59 Å². The first-order valence-electron chi connectivity index (χ1n) is 9.20. The molecule has 0 aliphatic carbocycles. The minimum absolute atomic E-state index is 0.183. The average molecular weight is 373 g/mol. The Kier molecular flexibility index (Phi) is 5.76. The first-order valence-corrected chi connectivity index (χ1v) is 9.20. The molecule has 1 saturated heterocycles. The highest BCUT2D eigenvalue weighted by molar-refractivity contribution is 6.05. The number of aryl methyl sites for hydroxylation is 3. The Morgan fingerprint density at radius 3 is 2.56 bits per heavy atom. The van der Waals surface area contributed by atoms with Gasteiger partial charge in [0.15, 0.2) is 0 Å². The highest BCUT2D eigenvalue weighted by Crippen LogP contribution is 2.19. The summed E-state index contributed by atoms with van der Waals surface area (Å²) in [6, 6.07) is 1.82. The Hall–Kier alpha value is -2.45. The van der Waals surface area contributed by atoms with Crippen LogP contribution < -0.4 is 10.9 Å². The molecule has 8 heteroatoms. The maximum atomic E-state index is 12.9. The fraction of sp³-hybridized carbons (Fsp3) is 0.526. The molecule has 0 spiro atoms. The highest BCUT2D eigenvalue weighted by Gasteiger charge is 2.20. The molecule has 27 heavy (non-hydrogen) atoms. The van der Waals surface area contributed by atoms with E-state index in [1.165, 1.54) is 0 Å². The number of nitrogens with zero attached hydrogens (tertiary/aromatic N) is 4. The Bertz CT molecular complexity index is 893. The molecule has 3 heterocycles. The molecule has 0 aromatic carbocycles. The van der Waals surface area contributed by atoms with Crippen molar-refractivity contribution in [1.29, 1.82) is 0 Å². The third-order valence-electron chi connectivity index (χ3n) is 5.11. The van der Waals surface area contributed by atoms with Gasteiger partial charge in [-0.1, -0.05) is 0 Å². The third kappa shape index (κ3) is 4.12. The zero-order chi connectivity index (χ0) is 19.6. The van der Waals surface area contributed by atoms with Crippen molar-refractivity contribution in [3.05, 3.63) is 45.1 Å². The zero-order valence-electron chi connectivity index (χ0n) is 16.4. The standard InChI is InChI=1S/C19H27N5O3/c1-13-5-6-24(8-7-23-9-11-27-12-10-23)19(26)16(13)18(25)20-17-14(2)21-22(4)15(17)3/h5-6H,7-12H2,1-4H3,(H,20,25). The summed E-state index contributed by atoms with van der Waals surface area (Å²) in [6.45, 7) is 9.99. The summed E-state index contributed by atoms with van der Waals surface area (Å²) in [5.74, 6) is -0.391. The lowest BCUT2D eigenvalue weighted by Crippen LogP contribution is -2.40. The van der Waals surface area contributed by atoms with Crippen molar-refractivity contribution < 1.29 is 9.53 Å². The number of hydrogen-bond acceptors (Lipinski definition) is 5. The maximum Gasteiger partial charge on any atom is 0.263 e. The molecule has 146 valence electrons. The number of carbonyl (C=O) groups excluding carboxylic acids is 1. The van der Waals surface area contributed by atoms with E-state index < -0.39 is 5.91 Å². The van der Waals surface area contributed by atoms with E-state index in [1.807, 2.05) is 27.0 Å². The normalized spacial score (nSPS) is 15.1. The second kappa shape index (κ2) is 8.06. The van der Waals surface area contributed by atoms with Crippen LogP contribution in [-0.4, -0.2) is 58.0 Å². The third-order valence-corrected chi connectivity index (χ3v) is 5.11. The molecule has 1 aliphatic heterocycles. The molecule has 2 aromatic rings. The second-order valence-electron chi connectivity index (χ2n) is 6.95. The van der Waals surface area contributed by atoms with Crippen LogP contribution in [0.1, 0.15) is 27.3 Å². The number of aromatic nitrogens is 3. The van der Waals surface area contributed by atoms with Gasteiger partial charge in [0.1, 0.15) is 5.56 Å². The largest absolute Gasteiger partial charge is 0.379 e. The molecular weight excluding hydrogens is 346 g/mol. The fourth-order valence-corrected chi connectivity index (χ4v) is 3.32. The van der Waals surface area contributed by atoms with Gasteiger partial charge in [0, 0.05) is 39.4 Å². The van der Waals surface area contributed by atoms with Gasteiger partial charge in [0.2, 0.25) is 0 Å². The molecule has 1 aliphatic rings. The van der Waals surface area contributed by atoms with E-state index in [0.717, 1.165) is 44.2 Å². The van der Waals surface area contributed by atoms with Crippen molar-refractivity contribution in [3.8, 4) is 0 Å². The van der Waals surface area contributed by atoms with Crippen LogP contribution in [0.2, 0.25) is 0 Å². The molecule has 2 aromatic heterocycles. The Morgan fingerprint density at radius 2 is 1.93 bits per heavy atom. The lowest BCUT2D eigenvalue weighted by Gasteiger charge is -2.26. The van der Waals surface area contributed by atoms with Crippen LogP contribution in [0.5, 0.6) is 0 Å². The van der Waals surface area contributed by atoms with Gasteiger partial charge in [-0.05, 0) is 32.4 Å². The molecule has 1 N–H and O–H groups in total. The number of nitrogens with one attached hydrogen (secondary N) is 1. The number of hydrogen-bond donors (Lipinski definition) is 1. The van der Waals surface area contributed by atoms with Crippen molar-refractivity contribution in [3.63, 3.8) is 0 Å². The van der Waals surface area contributed by atoms with Crippen LogP contribution in [0.15, 0.2) is 17.1 Å². The highest BCUT2D eigenvalue weighted by atomic mass is 16.5. The molecule has 0 radical (unpaired) electrons. The van der Waals surface area contributed by atoms with Gasteiger partial charge in [0.05, 0.1) is 30.3 Å². The monoisotopic (exact) mass is 373 g/mol. The topological polar surface area (TPSA) is 81.4 Å². The van der Waals surface area contributed by atoms with Crippen LogP contribution in [0, 0.1) is 20.8 Å². The van der Waals surface area contributed by atoms with Crippen molar-refractivity contribution in [2.45, 2.75) is 27.3 Å². The number of anilines is 1. The molecule has 0 atom stereocenters.